The summed E-state index contributed by atoms with van der Waals surface area (Å²) in [5.41, 5.74) is 2.84. The second-order valence-electron chi connectivity index (χ2n) is 4.92. The minimum atomic E-state index is -0.365. The number of methoxy groups -OCH3 is 1. The summed E-state index contributed by atoms with van der Waals surface area (Å²) < 4.78 is 19.4. The van der Waals surface area contributed by atoms with Crippen LogP contribution in [-0.4, -0.2) is 7.11 Å². The number of ether oxygens (including phenoxy) is 1. The van der Waals surface area contributed by atoms with Gasteiger partial charge in [-0.25, -0.2) is 4.39 Å². The molecule has 0 saturated heterocycles. The zero-order valence-corrected chi connectivity index (χ0v) is 12.8. The molecular formula is C20H16FNO. The standard InChI is InChI=1S/C20H16FNO/c1-14(13-22)4-5-15(2)19-11-8-17(12-20(19)21)16-6-9-18(23-3)10-7-16/h4-12H,1-2H2,3H3/b5-4-. The zero-order valence-electron chi connectivity index (χ0n) is 12.8. The van der Waals surface area contributed by atoms with E-state index in [1.54, 1.807) is 19.3 Å². The molecule has 0 saturated carbocycles. The highest BCUT2D eigenvalue weighted by Crippen LogP contribution is 2.27. The quantitative estimate of drug-likeness (QED) is 0.565. The largest absolute Gasteiger partial charge is 0.497 e. The van der Waals surface area contributed by atoms with Gasteiger partial charge in [0.25, 0.3) is 0 Å². The highest BCUT2D eigenvalue weighted by atomic mass is 19.1. The first kappa shape index (κ1) is 16.3. The van der Waals surface area contributed by atoms with E-state index in [1.807, 2.05) is 36.4 Å². The Morgan fingerprint density at radius 3 is 2.30 bits per heavy atom. The minimum absolute atomic E-state index is 0.293. The van der Waals surface area contributed by atoms with Gasteiger partial charge in [0.1, 0.15) is 11.6 Å². The Morgan fingerprint density at radius 2 is 1.74 bits per heavy atom. The monoisotopic (exact) mass is 305 g/mol. The molecule has 0 N–H and O–H groups in total. The van der Waals surface area contributed by atoms with Crippen molar-refractivity contribution in [2.45, 2.75) is 0 Å². The molecule has 0 spiro atoms. The highest BCUT2D eigenvalue weighted by Gasteiger charge is 2.07. The van der Waals surface area contributed by atoms with Crippen LogP contribution in [-0.2, 0) is 0 Å². The van der Waals surface area contributed by atoms with E-state index in [-0.39, 0.29) is 5.82 Å². The van der Waals surface area contributed by atoms with Crippen LogP contribution in [0.2, 0.25) is 0 Å². The third-order valence-corrected chi connectivity index (χ3v) is 3.37. The number of hydrogen-bond acceptors (Lipinski definition) is 2. The van der Waals surface area contributed by atoms with Gasteiger partial charge in [0.15, 0.2) is 0 Å². The fourth-order valence-corrected chi connectivity index (χ4v) is 2.07. The Morgan fingerprint density at radius 1 is 1.09 bits per heavy atom. The summed E-state index contributed by atoms with van der Waals surface area (Å²) >= 11 is 0. The van der Waals surface area contributed by atoms with E-state index < -0.39 is 0 Å². The van der Waals surface area contributed by atoms with Crippen molar-refractivity contribution in [2.24, 2.45) is 0 Å². The Kier molecular flexibility index (Phi) is 5.11. The third-order valence-electron chi connectivity index (χ3n) is 3.37. The lowest BCUT2D eigenvalue weighted by Crippen LogP contribution is -1.89. The molecule has 23 heavy (non-hydrogen) atoms. The summed E-state index contributed by atoms with van der Waals surface area (Å²) in [5, 5.41) is 8.66. The molecule has 0 unspecified atom stereocenters. The van der Waals surface area contributed by atoms with Crippen molar-refractivity contribution in [3.8, 4) is 22.9 Å². The molecule has 0 atom stereocenters. The summed E-state index contributed by atoms with van der Waals surface area (Å²) in [6.45, 7) is 7.36. The Labute approximate surface area is 135 Å². The first-order valence-corrected chi connectivity index (χ1v) is 6.95. The lowest BCUT2D eigenvalue weighted by molar-refractivity contribution is 0.415. The normalized spacial score (nSPS) is 10.3. The van der Waals surface area contributed by atoms with Crippen LogP contribution in [0.15, 0.2) is 73.3 Å². The molecule has 114 valence electrons. The van der Waals surface area contributed by atoms with Crippen molar-refractivity contribution in [2.75, 3.05) is 7.11 Å². The average Bonchev–Trinajstić information content (AvgIpc) is 2.59. The molecule has 2 nitrogen and oxygen atoms in total. The smallest absolute Gasteiger partial charge is 0.131 e. The van der Waals surface area contributed by atoms with E-state index in [2.05, 4.69) is 13.2 Å². The molecule has 0 radical (unpaired) electrons. The molecule has 0 aromatic heterocycles. The molecular weight excluding hydrogens is 289 g/mol. The van der Waals surface area contributed by atoms with Crippen molar-refractivity contribution in [3.05, 3.63) is 84.7 Å². The SMILES string of the molecule is C=C(C#N)/C=C\C(=C)c1ccc(-c2ccc(OC)cc2)cc1F. The number of benzene rings is 2. The molecule has 0 heterocycles. The fourth-order valence-electron chi connectivity index (χ4n) is 2.07. The van der Waals surface area contributed by atoms with Gasteiger partial charge in [0.2, 0.25) is 0 Å². The minimum Gasteiger partial charge on any atom is -0.497 e. The van der Waals surface area contributed by atoms with E-state index in [9.17, 15) is 4.39 Å². The lowest BCUT2D eigenvalue weighted by Gasteiger charge is -2.07. The van der Waals surface area contributed by atoms with Gasteiger partial charge in [0.05, 0.1) is 13.2 Å². The van der Waals surface area contributed by atoms with Crippen LogP contribution in [0.3, 0.4) is 0 Å². The van der Waals surface area contributed by atoms with Gasteiger partial charge in [-0.1, -0.05) is 43.5 Å². The predicted molar refractivity (Wildman–Crippen MR) is 91.3 cm³/mol. The second-order valence-corrected chi connectivity index (χ2v) is 4.92. The average molecular weight is 305 g/mol. The fraction of sp³-hybridized carbons (Fsp3) is 0.0500. The molecule has 0 aliphatic heterocycles. The Bertz CT molecular complexity index is 811. The Hall–Kier alpha value is -3.12. The number of nitriles is 1. The molecule has 0 aliphatic rings. The molecule has 2 aromatic carbocycles. The first-order valence-electron chi connectivity index (χ1n) is 6.95. The summed E-state index contributed by atoms with van der Waals surface area (Å²) in [7, 11) is 1.60. The highest BCUT2D eigenvalue weighted by molar-refractivity contribution is 5.75. The van der Waals surface area contributed by atoms with Gasteiger partial charge in [-0.3, -0.25) is 0 Å². The number of rotatable bonds is 5. The second kappa shape index (κ2) is 7.24. The number of allylic oxidation sites excluding steroid dienone is 4. The van der Waals surface area contributed by atoms with Crippen LogP contribution >= 0.6 is 0 Å². The molecule has 0 amide bonds. The van der Waals surface area contributed by atoms with E-state index in [0.29, 0.717) is 16.7 Å². The maximum Gasteiger partial charge on any atom is 0.131 e. The van der Waals surface area contributed by atoms with Crippen LogP contribution in [0.25, 0.3) is 16.7 Å². The predicted octanol–water partition coefficient (Wildman–Crippen LogP) is 5.15. The van der Waals surface area contributed by atoms with Crippen molar-refractivity contribution >= 4 is 5.57 Å². The summed E-state index contributed by atoms with van der Waals surface area (Å²) in [6, 6.07) is 14.3. The molecule has 0 fully saturated rings. The van der Waals surface area contributed by atoms with Crippen LogP contribution in [0, 0.1) is 17.1 Å². The molecule has 0 aliphatic carbocycles. The lowest BCUT2D eigenvalue weighted by atomic mass is 10.00. The van der Waals surface area contributed by atoms with Crippen molar-refractivity contribution in [1.82, 2.24) is 0 Å². The summed E-state index contributed by atoms with van der Waals surface area (Å²) in [4.78, 5) is 0. The van der Waals surface area contributed by atoms with Gasteiger partial charge in [-0.2, -0.15) is 5.26 Å². The molecule has 2 aromatic rings. The van der Waals surface area contributed by atoms with Gasteiger partial charge in [-0.05, 0) is 41.0 Å². The van der Waals surface area contributed by atoms with Gasteiger partial charge in [0, 0.05) is 11.1 Å². The summed E-state index contributed by atoms with van der Waals surface area (Å²) in [5.74, 6) is 0.387. The van der Waals surface area contributed by atoms with Gasteiger partial charge < -0.3 is 4.74 Å². The maximum absolute atomic E-state index is 14.3. The number of nitrogens with zero attached hydrogens (tertiary/aromatic N) is 1. The third kappa shape index (κ3) is 3.96. The van der Waals surface area contributed by atoms with Gasteiger partial charge >= 0.3 is 0 Å². The van der Waals surface area contributed by atoms with E-state index >= 15 is 0 Å². The molecule has 2 rings (SSSR count). The van der Waals surface area contributed by atoms with Crippen LogP contribution < -0.4 is 4.74 Å². The van der Waals surface area contributed by atoms with E-state index in [1.165, 1.54) is 12.1 Å². The van der Waals surface area contributed by atoms with Crippen molar-refractivity contribution < 1.29 is 9.13 Å². The molecule has 0 bridgehead atoms. The van der Waals surface area contributed by atoms with E-state index in [0.717, 1.165) is 16.9 Å². The number of hydrogen-bond donors (Lipinski definition) is 0. The van der Waals surface area contributed by atoms with Gasteiger partial charge in [-0.15, -0.1) is 0 Å². The zero-order chi connectivity index (χ0) is 16.8. The van der Waals surface area contributed by atoms with Crippen molar-refractivity contribution in [3.63, 3.8) is 0 Å². The first-order chi connectivity index (χ1) is 11.0. The van der Waals surface area contributed by atoms with Crippen LogP contribution in [0.1, 0.15) is 5.56 Å². The Balaban J connectivity index is 2.26. The maximum atomic E-state index is 14.3. The van der Waals surface area contributed by atoms with Crippen LogP contribution in [0.4, 0.5) is 4.39 Å². The topological polar surface area (TPSA) is 33.0 Å². The van der Waals surface area contributed by atoms with Crippen molar-refractivity contribution in [1.29, 1.82) is 5.26 Å². The number of halogens is 1. The molecule has 3 heteroatoms. The summed E-state index contributed by atoms with van der Waals surface area (Å²) in [6.07, 6.45) is 3.09. The van der Waals surface area contributed by atoms with E-state index in [4.69, 9.17) is 10.00 Å². The van der Waals surface area contributed by atoms with Crippen LogP contribution in [0.5, 0.6) is 5.75 Å².